The Kier molecular flexibility index (Phi) is 4.83. The van der Waals surface area contributed by atoms with Crippen molar-refractivity contribution in [2.45, 2.75) is 38.3 Å². The van der Waals surface area contributed by atoms with Crippen LogP contribution in [0.1, 0.15) is 42.3 Å². The van der Waals surface area contributed by atoms with Crippen molar-refractivity contribution in [3.63, 3.8) is 0 Å². The first-order valence-electron chi connectivity index (χ1n) is 9.00. The quantitative estimate of drug-likeness (QED) is 0.608. The van der Waals surface area contributed by atoms with Crippen LogP contribution < -0.4 is 0 Å². The maximum atomic E-state index is 13.1. The molecule has 0 radical (unpaired) electrons. The van der Waals surface area contributed by atoms with Crippen molar-refractivity contribution >= 4 is 17.2 Å². The Balaban J connectivity index is 1.62. The maximum Gasteiger partial charge on any atom is 0.417 e. The van der Waals surface area contributed by atoms with Gasteiger partial charge in [-0.3, -0.25) is 0 Å². The summed E-state index contributed by atoms with van der Waals surface area (Å²) in [5, 5.41) is -0.163. The second-order valence-corrected chi connectivity index (χ2v) is 7.36. The summed E-state index contributed by atoms with van der Waals surface area (Å²) < 4.78 is 45.2. The number of rotatable bonds is 3. The van der Waals surface area contributed by atoms with Crippen LogP contribution in [0.2, 0.25) is 0 Å². The van der Waals surface area contributed by atoms with Crippen LogP contribution in [0.15, 0.2) is 57.5 Å². The SMILES string of the molecule is Cc1[nH]c(-c2ccc(C3=CC(C(F)(F)F)=C(Cl)CC3)o2)nc1C1C=CC=CC1. The summed E-state index contributed by atoms with van der Waals surface area (Å²) in [6.07, 6.45) is 6.21. The zero-order chi connectivity index (χ0) is 19.9. The molecule has 3 nitrogen and oxygen atoms in total. The molecule has 4 rings (SSSR count). The van der Waals surface area contributed by atoms with E-state index in [1.54, 1.807) is 12.1 Å². The Morgan fingerprint density at radius 1 is 1.18 bits per heavy atom. The number of nitrogens with zero attached hydrogens (tertiary/aromatic N) is 1. The summed E-state index contributed by atoms with van der Waals surface area (Å²) in [7, 11) is 0. The van der Waals surface area contributed by atoms with Crippen LogP contribution in [-0.2, 0) is 0 Å². The van der Waals surface area contributed by atoms with Gasteiger partial charge in [-0.1, -0.05) is 35.9 Å². The van der Waals surface area contributed by atoms with Gasteiger partial charge in [0.05, 0.1) is 11.3 Å². The van der Waals surface area contributed by atoms with Crippen molar-refractivity contribution in [1.82, 2.24) is 9.97 Å². The first-order chi connectivity index (χ1) is 13.3. The van der Waals surface area contributed by atoms with Gasteiger partial charge >= 0.3 is 6.18 Å². The highest BCUT2D eigenvalue weighted by atomic mass is 35.5. The Hall–Kier alpha value is -2.47. The minimum atomic E-state index is -4.48. The van der Waals surface area contributed by atoms with E-state index in [9.17, 15) is 13.2 Å². The van der Waals surface area contributed by atoms with Crippen LogP contribution in [-0.4, -0.2) is 16.1 Å². The van der Waals surface area contributed by atoms with Gasteiger partial charge in [0.1, 0.15) is 5.76 Å². The summed E-state index contributed by atoms with van der Waals surface area (Å²) in [4.78, 5) is 7.89. The summed E-state index contributed by atoms with van der Waals surface area (Å²) in [6, 6.07) is 3.40. The van der Waals surface area contributed by atoms with Crippen molar-refractivity contribution in [2.24, 2.45) is 0 Å². The average molecular weight is 407 g/mol. The van der Waals surface area contributed by atoms with Crippen molar-refractivity contribution < 1.29 is 17.6 Å². The van der Waals surface area contributed by atoms with Gasteiger partial charge in [0.15, 0.2) is 11.6 Å². The molecule has 2 heterocycles. The van der Waals surface area contributed by atoms with Gasteiger partial charge in [-0.25, -0.2) is 4.98 Å². The van der Waals surface area contributed by atoms with E-state index < -0.39 is 11.7 Å². The molecule has 2 aromatic heterocycles. The molecule has 0 fully saturated rings. The highest BCUT2D eigenvalue weighted by Crippen LogP contribution is 2.41. The molecule has 28 heavy (non-hydrogen) atoms. The normalized spacial score (nSPS) is 20.0. The van der Waals surface area contributed by atoms with Gasteiger partial charge in [-0.05, 0) is 50.0 Å². The number of aromatic amines is 1. The smallest absolute Gasteiger partial charge is 0.417 e. The van der Waals surface area contributed by atoms with Gasteiger partial charge in [-0.2, -0.15) is 13.2 Å². The number of furan rings is 1. The number of hydrogen-bond donors (Lipinski definition) is 1. The monoisotopic (exact) mass is 406 g/mol. The first-order valence-corrected chi connectivity index (χ1v) is 9.37. The number of imidazole rings is 1. The summed E-state index contributed by atoms with van der Waals surface area (Å²) in [6.45, 7) is 1.95. The van der Waals surface area contributed by atoms with Crippen LogP contribution >= 0.6 is 11.6 Å². The fourth-order valence-corrected chi connectivity index (χ4v) is 3.76. The molecular weight excluding hydrogens is 389 g/mol. The van der Waals surface area contributed by atoms with Crippen LogP contribution in [0.5, 0.6) is 0 Å². The largest absolute Gasteiger partial charge is 0.453 e. The minimum absolute atomic E-state index is 0.143. The molecule has 146 valence electrons. The van der Waals surface area contributed by atoms with Crippen molar-refractivity contribution in [1.29, 1.82) is 0 Å². The Bertz CT molecular complexity index is 1020. The molecule has 2 aliphatic rings. The number of alkyl halides is 3. The highest BCUT2D eigenvalue weighted by Gasteiger charge is 2.36. The number of hydrogen-bond acceptors (Lipinski definition) is 2. The summed E-state index contributed by atoms with van der Waals surface area (Å²) >= 11 is 5.77. The van der Waals surface area contributed by atoms with E-state index in [1.165, 1.54) is 0 Å². The van der Waals surface area contributed by atoms with Crippen LogP contribution in [0.25, 0.3) is 17.2 Å². The van der Waals surface area contributed by atoms with Gasteiger partial charge in [0, 0.05) is 16.6 Å². The van der Waals surface area contributed by atoms with Crippen LogP contribution in [0, 0.1) is 6.92 Å². The maximum absolute atomic E-state index is 13.1. The first kappa shape index (κ1) is 18.9. The Morgan fingerprint density at radius 2 is 1.96 bits per heavy atom. The molecule has 0 amide bonds. The molecule has 1 atom stereocenters. The molecule has 0 spiro atoms. The third-order valence-electron chi connectivity index (χ3n) is 4.94. The second-order valence-electron chi connectivity index (χ2n) is 6.90. The predicted molar refractivity (Wildman–Crippen MR) is 103 cm³/mol. The highest BCUT2D eigenvalue weighted by molar-refractivity contribution is 6.30. The average Bonchev–Trinajstić information content (AvgIpc) is 3.29. The van der Waals surface area contributed by atoms with E-state index in [0.717, 1.165) is 23.9 Å². The third-order valence-corrected chi connectivity index (χ3v) is 5.33. The van der Waals surface area contributed by atoms with Crippen LogP contribution in [0.3, 0.4) is 0 Å². The molecule has 0 aromatic carbocycles. The molecule has 1 N–H and O–H groups in total. The molecule has 0 bridgehead atoms. The lowest BCUT2D eigenvalue weighted by atomic mass is 9.96. The van der Waals surface area contributed by atoms with Crippen molar-refractivity contribution in [3.8, 4) is 11.6 Å². The summed E-state index contributed by atoms with van der Waals surface area (Å²) in [5.41, 5.74) is 1.57. The van der Waals surface area contributed by atoms with E-state index in [4.69, 9.17) is 16.0 Å². The fraction of sp³-hybridized carbons (Fsp3) is 0.286. The molecule has 1 unspecified atom stereocenters. The molecule has 7 heteroatoms. The molecule has 0 aliphatic heterocycles. The van der Waals surface area contributed by atoms with Crippen molar-refractivity contribution in [3.05, 3.63) is 70.3 Å². The lowest BCUT2D eigenvalue weighted by Crippen LogP contribution is -2.14. The lowest BCUT2D eigenvalue weighted by Gasteiger charge is -2.17. The van der Waals surface area contributed by atoms with Gasteiger partial charge in [0.25, 0.3) is 0 Å². The van der Waals surface area contributed by atoms with Gasteiger partial charge in [-0.15, -0.1) is 0 Å². The molecule has 0 saturated carbocycles. The van der Waals surface area contributed by atoms with E-state index in [1.807, 2.05) is 19.1 Å². The number of aryl methyl sites for hydroxylation is 1. The molecule has 0 saturated heterocycles. The number of allylic oxidation sites excluding steroid dienone is 8. The third kappa shape index (κ3) is 3.61. The zero-order valence-corrected chi connectivity index (χ0v) is 15.9. The predicted octanol–water partition coefficient (Wildman–Crippen LogP) is 6.81. The molecular formula is C21H18ClF3N2O. The zero-order valence-electron chi connectivity index (χ0n) is 15.1. The molecule has 2 aliphatic carbocycles. The lowest BCUT2D eigenvalue weighted by molar-refractivity contribution is -0.0888. The van der Waals surface area contributed by atoms with E-state index >= 15 is 0 Å². The number of halogens is 4. The standard InChI is InChI=1S/C21H18ClF3N2O/c1-12-19(13-5-3-2-4-6-13)27-20(26-12)18-10-9-17(28-18)14-7-8-16(22)15(11-14)21(23,24)25/h2-5,9-11,13H,6-8H2,1H3,(H,26,27). The second kappa shape index (κ2) is 7.17. The number of nitrogens with one attached hydrogen (secondary N) is 1. The number of H-pyrrole nitrogens is 1. The van der Waals surface area contributed by atoms with Gasteiger partial charge < -0.3 is 9.40 Å². The summed E-state index contributed by atoms with van der Waals surface area (Å²) in [5.74, 6) is 1.67. The van der Waals surface area contributed by atoms with E-state index in [2.05, 4.69) is 22.1 Å². The fourth-order valence-electron chi connectivity index (χ4n) is 3.51. The minimum Gasteiger partial charge on any atom is -0.453 e. The molecule has 2 aromatic rings. The number of aromatic nitrogens is 2. The van der Waals surface area contributed by atoms with E-state index in [-0.39, 0.29) is 17.4 Å². The van der Waals surface area contributed by atoms with Gasteiger partial charge in [0.2, 0.25) is 0 Å². The van der Waals surface area contributed by atoms with Crippen LogP contribution in [0.4, 0.5) is 13.2 Å². The Morgan fingerprint density at radius 3 is 2.68 bits per heavy atom. The van der Waals surface area contributed by atoms with E-state index in [0.29, 0.717) is 29.3 Å². The van der Waals surface area contributed by atoms with Crippen molar-refractivity contribution in [2.75, 3.05) is 0 Å². The Labute approximate surface area is 165 Å². The topological polar surface area (TPSA) is 41.8 Å².